The number of phenols is 3. The van der Waals surface area contributed by atoms with Gasteiger partial charge in [-0.1, -0.05) is 60.7 Å². The van der Waals surface area contributed by atoms with E-state index in [1.807, 2.05) is 60.7 Å². The van der Waals surface area contributed by atoms with Gasteiger partial charge in [0.05, 0.1) is 44.8 Å². The second kappa shape index (κ2) is 20.5. The molecule has 0 radical (unpaired) electrons. The lowest BCUT2D eigenvalue weighted by atomic mass is 10.1. The molecule has 0 atom stereocenters. The third kappa shape index (κ3) is 10.7. The van der Waals surface area contributed by atoms with E-state index in [2.05, 4.69) is 0 Å². The molecule has 0 spiro atoms. The minimum absolute atomic E-state index is 0.0160. The quantitative estimate of drug-likeness (QED) is 0.0656. The summed E-state index contributed by atoms with van der Waals surface area (Å²) in [5.41, 5.74) is 0. The van der Waals surface area contributed by atoms with Gasteiger partial charge < -0.3 is 48.8 Å². The maximum Gasteiger partial charge on any atom is 0.130 e. The van der Waals surface area contributed by atoms with Crippen molar-refractivity contribution in [2.75, 3.05) is 66.3 Å². The molecule has 6 aromatic carbocycles. The Kier molecular flexibility index (Phi) is 15.6. The van der Waals surface area contributed by atoms with E-state index in [4.69, 9.17) is 45.1 Å². The van der Waals surface area contributed by atoms with Crippen molar-refractivity contribution in [2.45, 2.75) is 0 Å². The summed E-state index contributed by atoms with van der Waals surface area (Å²) in [7, 11) is 3.21. The molecule has 0 aliphatic carbocycles. The fraction of sp³-hybridized carbons (Fsp3) is 0.250. The van der Waals surface area contributed by atoms with Gasteiger partial charge in [-0.25, -0.2) is 0 Å². The first-order valence-electron chi connectivity index (χ1n) is 16.3. The molecule has 0 amide bonds. The topological polar surface area (TPSA) is 136 Å². The number of rotatable bonds is 14. The number of ether oxygens (including phenoxy) is 6. The van der Waals surface area contributed by atoms with Gasteiger partial charge in [-0.15, -0.1) is 11.6 Å². The van der Waals surface area contributed by atoms with Crippen LogP contribution in [0.5, 0.6) is 40.2 Å². The van der Waals surface area contributed by atoms with Crippen LogP contribution in [0.2, 0.25) is 0 Å². The number of benzene rings is 6. The Morgan fingerprint density at radius 1 is 0.471 bits per heavy atom. The molecular formula is C40H43ClO10. The highest BCUT2D eigenvalue weighted by Crippen LogP contribution is 2.38. The van der Waals surface area contributed by atoms with Gasteiger partial charge in [0.2, 0.25) is 0 Å². The molecule has 0 fully saturated rings. The number of hydrogen-bond acceptors (Lipinski definition) is 10. The van der Waals surface area contributed by atoms with E-state index < -0.39 is 0 Å². The predicted octanol–water partition coefficient (Wildman–Crippen LogP) is 7.68. The number of phenolic OH excluding ortho intramolecular Hbond substituents is 3. The van der Waals surface area contributed by atoms with Crippen LogP contribution in [0, 0.1) is 0 Å². The average molecular weight is 719 g/mol. The molecule has 11 heteroatoms. The fourth-order valence-electron chi connectivity index (χ4n) is 5.15. The number of halogens is 1. The zero-order valence-electron chi connectivity index (χ0n) is 28.6. The normalized spacial score (nSPS) is 10.6. The molecule has 0 aliphatic heterocycles. The number of fused-ring (bicyclic) bond motifs is 3. The highest BCUT2D eigenvalue weighted by Gasteiger charge is 2.11. The smallest absolute Gasteiger partial charge is 0.130 e. The second-order valence-electron chi connectivity index (χ2n) is 10.8. The minimum atomic E-state index is 0.0160. The summed E-state index contributed by atoms with van der Waals surface area (Å²) in [6, 6.07) is 30.7. The Labute approximate surface area is 301 Å². The summed E-state index contributed by atoms with van der Waals surface area (Å²) in [6.07, 6.45) is 0. The van der Waals surface area contributed by atoms with Crippen LogP contribution in [-0.2, 0) is 9.47 Å². The van der Waals surface area contributed by atoms with Gasteiger partial charge in [-0.2, -0.15) is 0 Å². The van der Waals surface area contributed by atoms with Crippen LogP contribution in [0.25, 0.3) is 32.3 Å². The zero-order valence-corrected chi connectivity index (χ0v) is 29.3. The minimum Gasteiger partial charge on any atom is -0.507 e. The molecule has 4 N–H and O–H groups in total. The average Bonchev–Trinajstić information content (AvgIpc) is 3.17. The van der Waals surface area contributed by atoms with Crippen molar-refractivity contribution in [3.05, 3.63) is 103 Å². The van der Waals surface area contributed by atoms with E-state index in [0.29, 0.717) is 62.4 Å². The molecule has 0 saturated heterocycles. The van der Waals surface area contributed by atoms with Crippen molar-refractivity contribution in [1.82, 2.24) is 0 Å². The number of aromatic hydroxyl groups is 3. The van der Waals surface area contributed by atoms with Gasteiger partial charge in [-0.05, 0) is 42.5 Å². The molecule has 0 bridgehead atoms. The molecule has 51 heavy (non-hydrogen) atoms. The third-order valence-corrected chi connectivity index (χ3v) is 7.64. The first-order chi connectivity index (χ1) is 24.9. The summed E-state index contributed by atoms with van der Waals surface area (Å²) < 4.78 is 32.0. The van der Waals surface area contributed by atoms with Gasteiger partial charge >= 0.3 is 0 Å². The lowest BCUT2D eigenvalue weighted by molar-refractivity contribution is 0.0708. The van der Waals surface area contributed by atoms with E-state index in [0.717, 1.165) is 38.4 Å². The van der Waals surface area contributed by atoms with Gasteiger partial charge in [0.1, 0.15) is 60.1 Å². The number of aliphatic hydroxyl groups is 1. The molecule has 0 heterocycles. The molecule has 10 nitrogen and oxygen atoms in total. The Bertz CT molecular complexity index is 1970. The van der Waals surface area contributed by atoms with Crippen LogP contribution in [-0.4, -0.2) is 86.8 Å². The summed E-state index contributed by atoms with van der Waals surface area (Å²) in [5, 5.41) is 42.7. The Hall–Kier alpha value is -5.13. The summed E-state index contributed by atoms with van der Waals surface area (Å²) in [6.45, 7) is 2.66. The van der Waals surface area contributed by atoms with Crippen molar-refractivity contribution in [3.8, 4) is 40.2 Å². The SMILES string of the molecule is COCCOc1ccc(O)c2ccccc12.COc1cccc2c(OCCCl)ccc(O)c12.OCCOCCOc1ccc(O)c2ccccc12. The van der Waals surface area contributed by atoms with Crippen LogP contribution in [0.3, 0.4) is 0 Å². The standard InChI is InChI=1S/C14H16O4.C13H13ClO3.C13H14O3/c15-7-8-17-9-10-18-14-6-5-13(16)11-3-1-2-4-12(11)14;1-16-12-4-2-3-9-11(17-8-7-14)6-5-10(15)13(9)12;1-15-8-9-16-13-7-6-12(14)10-4-2-3-5-11(10)13/h1-6,15-16H,7-10H2;2-6,15H,7-8H2,1H3;2-7,14H,8-9H2,1H3. The Balaban J connectivity index is 0.000000172. The van der Waals surface area contributed by atoms with Crippen molar-refractivity contribution < 1.29 is 48.8 Å². The molecule has 6 aromatic rings. The molecule has 6 rings (SSSR count). The number of alkyl halides is 1. The van der Waals surface area contributed by atoms with E-state index >= 15 is 0 Å². The van der Waals surface area contributed by atoms with E-state index in [9.17, 15) is 15.3 Å². The molecular weight excluding hydrogens is 676 g/mol. The number of hydrogen-bond donors (Lipinski definition) is 4. The third-order valence-electron chi connectivity index (χ3n) is 7.48. The largest absolute Gasteiger partial charge is 0.507 e. The van der Waals surface area contributed by atoms with Crippen LogP contribution >= 0.6 is 11.6 Å². The summed E-state index contributed by atoms with van der Waals surface area (Å²) in [5.74, 6) is 3.92. The number of methoxy groups -OCH3 is 2. The first kappa shape index (κ1) is 38.7. The highest BCUT2D eigenvalue weighted by molar-refractivity contribution is 6.18. The zero-order chi connectivity index (χ0) is 36.4. The van der Waals surface area contributed by atoms with Gasteiger partial charge in [0, 0.05) is 34.0 Å². The monoisotopic (exact) mass is 718 g/mol. The molecule has 0 saturated carbocycles. The first-order valence-corrected chi connectivity index (χ1v) is 16.8. The highest BCUT2D eigenvalue weighted by atomic mass is 35.5. The van der Waals surface area contributed by atoms with Crippen molar-refractivity contribution in [1.29, 1.82) is 0 Å². The fourth-order valence-corrected chi connectivity index (χ4v) is 5.22. The van der Waals surface area contributed by atoms with E-state index in [1.165, 1.54) is 0 Å². The maximum absolute atomic E-state index is 9.87. The van der Waals surface area contributed by atoms with Crippen LogP contribution in [0.4, 0.5) is 0 Å². The van der Waals surface area contributed by atoms with Crippen molar-refractivity contribution >= 4 is 43.9 Å². The number of aliphatic hydroxyl groups excluding tert-OH is 1. The van der Waals surface area contributed by atoms with Crippen molar-refractivity contribution in [3.63, 3.8) is 0 Å². The molecule has 0 unspecified atom stereocenters. The van der Waals surface area contributed by atoms with Crippen LogP contribution < -0.4 is 18.9 Å². The maximum atomic E-state index is 9.87. The Morgan fingerprint density at radius 2 is 0.961 bits per heavy atom. The lowest BCUT2D eigenvalue weighted by Crippen LogP contribution is -2.09. The van der Waals surface area contributed by atoms with Gasteiger partial charge in [-0.3, -0.25) is 0 Å². The lowest BCUT2D eigenvalue weighted by Gasteiger charge is -2.11. The van der Waals surface area contributed by atoms with E-state index in [1.54, 1.807) is 56.7 Å². The predicted molar refractivity (Wildman–Crippen MR) is 200 cm³/mol. The molecule has 270 valence electrons. The second-order valence-corrected chi connectivity index (χ2v) is 11.2. The van der Waals surface area contributed by atoms with Crippen LogP contribution in [0.15, 0.2) is 103 Å². The summed E-state index contributed by atoms with van der Waals surface area (Å²) >= 11 is 5.59. The van der Waals surface area contributed by atoms with Crippen molar-refractivity contribution in [2.24, 2.45) is 0 Å². The summed E-state index contributed by atoms with van der Waals surface area (Å²) in [4.78, 5) is 0. The Morgan fingerprint density at radius 3 is 1.49 bits per heavy atom. The molecule has 0 aromatic heterocycles. The molecule has 0 aliphatic rings. The van der Waals surface area contributed by atoms with Gasteiger partial charge in [0.25, 0.3) is 0 Å². The van der Waals surface area contributed by atoms with Crippen LogP contribution in [0.1, 0.15) is 0 Å². The van der Waals surface area contributed by atoms with Gasteiger partial charge in [0.15, 0.2) is 0 Å². The van der Waals surface area contributed by atoms with E-state index in [-0.39, 0.29) is 23.9 Å².